The minimum atomic E-state index is -3.70. The van der Waals surface area contributed by atoms with Gasteiger partial charge in [0.1, 0.15) is 0 Å². The number of fused-ring (bicyclic) bond motifs is 6. The topological polar surface area (TPSA) is 71.1 Å². The number of allylic oxidation sites excluding steroid dienone is 4. The van der Waals surface area contributed by atoms with E-state index in [0.717, 1.165) is 25.7 Å². The molecule has 6 aromatic carbocycles. The quantitative estimate of drug-likeness (QED) is 0.107. The number of ether oxygens (including phenoxy) is 4. The summed E-state index contributed by atoms with van der Waals surface area (Å²) in [6.07, 6.45) is 12.4. The minimum Gasteiger partial charge on any atom is -0.451 e. The van der Waals surface area contributed by atoms with Crippen LogP contribution < -0.4 is 50.8 Å². The SMILES string of the molecule is O=P(c1ccccc1)(c1ccccc1)c1ccc2c(c1-c1c(P(=O)(c3ccccc3)c3ccccc3)ccc3c1OC(C1CC4C=CC1C4)O3)OC(C1CC3C=CC1C3)O2. The van der Waals surface area contributed by atoms with Gasteiger partial charge in [-0.3, -0.25) is 0 Å². The summed E-state index contributed by atoms with van der Waals surface area (Å²) in [5.41, 5.74) is 1.14. The molecule has 6 aromatic rings. The van der Waals surface area contributed by atoms with Crippen LogP contribution in [0.2, 0.25) is 0 Å². The number of rotatable bonds is 9. The molecule has 298 valence electrons. The molecule has 8 heteroatoms. The number of hydrogen-bond donors (Lipinski definition) is 0. The Kier molecular flexibility index (Phi) is 8.48. The van der Waals surface area contributed by atoms with Gasteiger partial charge in [-0.15, -0.1) is 0 Å². The molecule has 6 aliphatic rings. The molecule has 2 heterocycles. The van der Waals surface area contributed by atoms with Gasteiger partial charge >= 0.3 is 0 Å². The maximum atomic E-state index is 16.8. The molecule has 6 nitrogen and oxygen atoms in total. The Bertz CT molecular complexity index is 2510. The first-order valence-electron chi connectivity index (χ1n) is 21.3. The first kappa shape index (κ1) is 36.3. The summed E-state index contributed by atoms with van der Waals surface area (Å²) < 4.78 is 61.5. The highest BCUT2D eigenvalue weighted by Crippen LogP contribution is 2.60. The van der Waals surface area contributed by atoms with Crippen molar-refractivity contribution in [1.82, 2.24) is 0 Å². The van der Waals surface area contributed by atoms with Gasteiger partial charge in [0.25, 0.3) is 0 Å². The molecule has 60 heavy (non-hydrogen) atoms. The molecule has 4 bridgehead atoms. The fourth-order valence-corrected chi connectivity index (χ4v) is 16.8. The van der Waals surface area contributed by atoms with Crippen molar-refractivity contribution >= 4 is 46.1 Å². The summed E-state index contributed by atoms with van der Waals surface area (Å²) in [4.78, 5) is 0. The van der Waals surface area contributed by atoms with Gasteiger partial charge < -0.3 is 28.1 Å². The van der Waals surface area contributed by atoms with Gasteiger partial charge in [0.15, 0.2) is 37.3 Å². The number of hydrogen-bond acceptors (Lipinski definition) is 6. The molecule has 4 aliphatic carbocycles. The van der Waals surface area contributed by atoms with Crippen LogP contribution in [0, 0.1) is 35.5 Å². The van der Waals surface area contributed by atoms with Crippen molar-refractivity contribution in [2.24, 2.45) is 35.5 Å². The second kappa shape index (κ2) is 14.0. The van der Waals surface area contributed by atoms with Gasteiger partial charge in [0.05, 0.1) is 0 Å². The molecular weight excluding hydrogens is 783 g/mol. The first-order valence-corrected chi connectivity index (χ1v) is 24.7. The van der Waals surface area contributed by atoms with Crippen molar-refractivity contribution in [3.05, 3.63) is 170 Å². The summed E-state index contributed by atoms with van der Waals surface area (Å²) >= 11 is 0. The summed E-state index contributed by atoms with van der Waals surface area (Å²) in [5, 5.41) is 3.84. The van der Waals surface area contributed by atoms with E-state index in [2.05, 4.69) is 24.3 Å². The van der Waals surface area contributed by atoms with Crippen molar-refractivity contribution in [2.75, 3.05) is 0 Å². The zero-order chi connectivity index (χ0) is 40.0. The van der Waals surface area contributed by atoms with E-state index in [0.29, 0.717) is 89.6 Å². The van der Waals surface area contributed by atoms with Gasteiger partial charge in [-0.05, 0) is 73.6 Å². The van der Waals surface area contributed by atoms with Crippen LogP contribution in [0.5, 0.6) is 23.0 Å². The van der Waals surface area contributed by atoms with E-state index < -0.39 is 26.9 Å². The second-order valence-electron chi connectivity index (χ2n) is 17.2. The lowest BCUT2D eigenvalue weighted by Crippen LogP contribution is -2.32. The molecule has 2 saturated carbocycles. The molecule has 0 amide bonds. The summed E-state index contributed by atoms with van der Waals surface area (Å²) in [6.45, 7) is 0. The lowest BCUT2D eigenvalue weighted by atomic mass is 9.93. The standard InChI is InChI=1S/C52H44O6P2/c53-59(37-13-5-1-6-14-37,38-15-7-2-8-16-38)45-27-25-43-49(57-51(55-43)41-31-33-21-23-35(41)29-33)47(45)48-46(60(54,39-17-9-3-10-18-39)40-19-11-4-12-20-40)28-26-44-50(48)58-52(56-44)42-32-34-22-24-36(42)30-34/h1-28,33-36,41-42,51-52H,29-32H2. The van der Waals surface area contributed by atoms with E-state index in [1.54, 1.807) is 0 Å². The monoisotopic (exact) mass is 826 g/mol. The maximum absolute atomic E-state index is 16.8. The summed E-state index contributed by atoms with van der Waals surface area (Å²) in [5.74, 6) is 4.20. The molecule has 2 aliphatic heterocycles. The van der Waals surface area contributed by atoms with Crippen LogP contribution in [0.25, 0.3) is 11.1 Å². The van der Waals surface area contributed by atoms with E-state index in [1.165, 1.54) is 0 Å². The van der Waals surface area contributed by atoms with Crippen LogP contribution in [0.1, 0.15) is 25.7 Å². The summed E-state index contributed by atoms with van der Waals surface area (Å²) in [7, 11) is -7.39. The Balaban J connectivity index is 1.16. The summed E-state index contributed by atoms with van der Waals surface area (Å²) in [6, 6.07) is 46.6. The Morgan fingerprint density at radius 3 is 1.03 bits per heavy atom. The Labute approximate surface area is 350 Å². The van der Waals surface area contributed by atoms with Gasteiger partial charge in [-0.25, -0.2) is 0 Å². The highest BCUT2D eigenvalue weighted by Gasteiger charge is 2.50. The predicted octanol–water partition coefficient (Wildman–Crippen LogP) is 9.25. The fraction of sp³-hybridized carbons (Fsp3) is 0.231. The van der Waals surface area contributed by atoms with E-state index in [-0.39, 0.29) is 11.8 Å². The Morgan fingerprint density at radius 2 is 0.733 bits per heavy atom. The third kappa shape index (κ3) is 5.53. The lowest BCUT2D eigenvalue weighted by molar-refractivity contribution is -0.0141. The van der Waals surface area contributed by atoms with Crippen LogP contribution in [-0.4, -0.2) is 12.6 Å². The number of benzene rings is 6. The van der Waals surface area contributed by atoms with Crippen LogP contribution in [0.15, 0.2) is 170 Å². The van der Waals surface area contributed by atoms with E-state index in [9.17, 15) is 0 Å². The van der Waals surface area contributed by atoms with Gasteiger partial charge in [0.2, 0.25) is 12.6 Å². The predicted molar refractivity (Wildman–Crippen MR) is 238 cm³/mol. The fourth-order valence-electron chi connectivity index (χ4n) is 11.1. The average Bonchev–Trinajstić information content (AvgIpc) is 4.19. The van der Waals surface area contributed by atoms with E-state index in [4.69, 9.17) is 18.9 Å². The van der Waals surface area contributed by atoms with Crippen LogP contribution in [0.4, 0.5) is 0 Å². The normalized spacial score (nSPS) is 26.6. The zero-order valence-electron chi connectivity index (χ0n) is 33.0. The maximum Gasteiger partial charge on any atom is 0.244 e. The molecule has 8 unspecified atom stereocenters. The molecule has 0 radical (unpaired) electrons. The second-order valence-corrected chi connectivity index (χ2v) is 22.7. The van der Waals surface area contributed by atoms with Crippen LogP contribution in [-0.2, 0) is 9.13 Å². The van der Waals surface area contributed by atoms with E-state index >= 15 is 9.13 Å². The Hall–Kier alpha value is -5.54. The molecule has 0 N–H and O–H groups in total. The smallest absolute Gasteiger partial charge is 0.244 e. The van der Waals surface area contributed by atoms with Crippen molar-refractivity contribution < 1.29 is 28.1 Å². The largest absolute Gasteiger partial charge is 0.451 e. The van der Waals surface area contributed by atoms with Crippen molar-refractivity contribution in [3.8, 4) is 34.1 Å². The van der Waals surface area contributed by atoms with Crippen molar-refractivity contribution in [3.63, 3.8) is 0 Å². The van der Waals surface area contributed by atoms with E-state index in [1.807, 2.05) is 146 Å². The van der Waals surface area contributed by atoms with Crippen molar-refractivity contribution in [2.45, 2.75) is 38.3 Å². The highest BCUT2D eigenvalue weighted by molar-refractivity contribution is 7.86. The molecule has 0 aromatic heterocycles. The van der Waals surface area contributed by atoms with Gasteiger partial charge in [0, 0.05) is 54.8 Å². The third-order valence-corrected chi connectivity index (χ3v) is 20.1. The molecule has 12 rings (SSSR count). The zero-order valence-corrected chi connectivity index (χ0v) is 34.7. The van der Waals surface area contributed by atoms with Crippen LogP contribution in [0.3, 0.4) is 0 Å². The minimum absolute atomic E-state index is 0.161. The van der Waals surface area contributed by atoms with Gasteiger partial charge in [-0.2, -0.15) is 0 Å². The lowest BCUT2D eigenvalue weighted by Gasteiger charge is -2.28. The Morgan fingerprint density at radius 1 is 0.383 bits per heavy atom. The highest BCUT2D eigenvalue weighted by atomic mass is 31.2. The first-order chi connectivity index (χ1) is 29.5. The van der Waals surface area contributed by atoms with Crippen LogP contribution >= 0.6 is 14.3 Å². The average molecular weight is 827 g/mol. The van der Waals surface area contributed by atoms with Gasteiger partial charge in [-0.1, -0.05) is 146 Å². The third-order valence-electron chi connectivity index (χ3n) is 13.9. The molecule has 0 spiro atoms. The molecule has 2 fully saturated rings. The molecule has 0 saturated heterocycles. The molecule has 8 atom stereocenters. The molecular formula is C52H44O6P2. The van der Waals surface area contributed by atoms with Crippen molar-refractivity contribution in [1.29, 1.82) is 0 Å².